The Balaban J connectivity index is 2.14. The summed E-state index contributed by atoms with van der Waals surface area (Å²) < 4.78 is 1.84. The molecule has 0 saturated carbocycles. The average Bonchev–Trinajstić information content (AvgIpc) is 3.01. The molecule has 2 unspecified atom stereocenters. The first-order valence-electron chi connectivity index (χ1n) is 6.58. The molecule has 0 spiro atoms. The van der Waals surface area contributed by atoms with Crippen molar-refractivity contribution in [1.29, 1.82) is 0 Å². The van der Waals surface area contributed by atoms with Crippen molar-refractivity contribution in [3.63, 3.8) is 0 Å². The maximum atomic E-state index is 6.31. The van der Waals surface area contributed by atoms with Gasteiger partial charge in [0, 0.05) is 36.3 Å². The summed E-state index contributed by atoms with van der Waals surface area (Å²) in [5, 5.41) is 6.33. The Morgan fingerprint density at radius 2 is 2.32 bits per heavy atom. The highest BCUT2D eigenvalue weighted by molar-refractivity contribution is 7.10. The van der Waals surface area contributed by atoms with Crippen molar-refractivity contribution >= 4 is 11.3 Å². The number of aryl methyl sites for hydroxylation is 1. The van der Waals surface area contributed by atoms with Gasteiger partial charge in [-0.3, -0.25) is 9.58 Å². The molecule has 5 heteroatoms. The lowest BCUT2D eigenvalue weighted by atomic mass is 10.0. The van der Waals surface area contributed by atoms with Crippen LogP contribution in [0.5, 0.6) is 0 Å². The van der Waals surface area contributed by atoms with Crippen LogP contribution in [0.3, 0.4) is 0 Å². The molecule has 0 amide bonds. The van der Waals surface area contributed by atoms with E-state index in [4.69, 9.17) is 5.73 Å². The SMILES string of the molecule is CCC(N)C(c1cccs1)N(C)Cc1cnn(C)c1. The van der Waals surface area contributed by atoms with Gasteiger partial charge in [0.2, 0.25) is 0 Å². The molecule has 2 aromatic rings. The quantitative estimate of drug-likeness (QED) is 0.882. The van der Waals surface area contributed by atoms with Crippen LogP contribution in [-0.2, 0) is 13.6 Å². The van der Waals surface area contributed by atoms with E-state index >= 15 is 0 Å². The Kier molecular flexibility index (Phi) is 4.74. The van der Waals surface area contributed by atoms with E-state index in [1.54, 1.807) is 11.3 Å². The zero-order chi connectivity index (χ0) is 13.8. The summed E-state index contributed by atoms with van der Waals surface area (Å²) >= 11 is 1.78. The van der Waals surface area contributed by atoms with Gasteiger partial charge in [0.25, 0.3) is 0 Å². The Bertz CT molecular complexity index is 491. The highest BCUT2D eigenvalue weighted by Crippen LogP contribution is 2.28. The summed E-state index contributed by atoms with van der Waals surface area (Å²) in [7, 11) is 4.07. The van der Waals surface area contributed by atoms with E-state index in [0.717, 1.165) is 13.0 Å². The lowest BCUT2D eigenvalue weighted by Gasteiger charge is -2.31. The molecule has 2 atom stereocenters. The third kappa shape index (κ3) is 3.43. The van der Waals surface area contributed by atoms with Gasteiger partial charge in [-0.15, -0.1) is 11.3 Å². The van der Waals surface area contributed by atoms with Crippen molar-refractivity contribution in [1.82, 2.24) is 14.7 Å². The van der Waals surface area contributed by atoms with Gasteiger partial charge >= 0.3 is 0 Å². The van der Waals surface area contributed by atoms with E-state index in [0.29, 0.717) is 0 Å². The predicted molar refractivity (Wildman–Crippen MR) is 80.0 cm³/mol. The molecule has 0 aliphatic carbocycles. The van der Waals surface area contributed by atoms with Gasteiger partial charge in [0.05, 0.1) is 12.2 Å². The maximum absolute atomic E-state index is 6.31. The minimum Gasteiger partial charge on any atom is -0.326 e. The normalized spacial score (nSPS) is 14.8. The fourth-order valence-corrected chi connectivity index (χ4v) is 3.34. The van der Waals surface area contributed by atoms with Gasteiger partial charge in [0.15, 0.2) is 0 Å². The van der Waals surface area contributed by atoms with Crippen LogP contribution in [0, 0.1) is 0 Å². The molecule has 0 aliphatic rings. The zero-order valence-electron chi connectivity index (χ0n) is 11.8. The molecular formula is C14H22N4S. The summed E-state index contributed by atoms with van der Waals surface area (Å²) in [5.74, 6) is 0. The summed E-state index contributed by atoms with van der Waals surface area (Å²) in [5.41, 5.74) is 7.53. The number of nitrogens with zero attached hydrogens (tertiary/aromatic N) is 3. The standard InChI is InChI=1S/C14H22N4S/c1-4-12(15)14(13-6-5-7-19-13)17(2)9-11-8-16-18(3)10-11/h5-8,10,12,14H,4,9,15H2,1-3H3. The molecule has 19 heavy (non-hydrogen) atoms. The van der Waals surface area contributed by atoms with Crippen molar-refractivity contribution in [2.75, 3.05) is 7.05 Å². The van der Waals surface area contributed by atoms with Crippen molar-refractivity contribution < 1.29 is 0 Å². The highest BCUT2D eigenvalue weighted by atomic mass is 32.1. The van der Waals surface area contributed by atoms with Gasteiger partial charge < -0.3 is 5.73 Å². The molecule has 0 saturated heterocycles. The molecular weight excluding hydrogens is 256 g/mol. The number of aromatic nitrogens is 2. The molecule has 104 valence electrons. The lowest BCUT2D eigenvalue weighted by Crippen LogP contribution is -2.38. The molecule has 2 aromatic heterocycles. The molecule has 0 bridgehead atoms. The Labute approximate surface area is 118 Å². The largest absolute Gasteiger partial charge is 0.326 e. The third-order valence-electron chi connectivity index (χ3n) is 3.38. The second kappa shape index (κ2) is 6.32. The van der Waals surface area contributed by atoms with E-state index in [2.05, 4.69) is 47.7 Å². The van der Waals surface area contributed by atoms with Gasteiger partial charge in [-0.05, 0) is 24.9 Å². The number of nitrogens with two attached hydrogens (primary N) is 1. The van der Waals surface area contributed by atoms with E-state index in [1.165, 1.54) is 10.4 Å². The van der Waals surface area contributed by atoms with Crippen molar-refractivity contribution in [2.45, 2.75) is 32.0 Å². The molecule has 0 radical (unpaired) electrons. The second-order valence-electron chi connectivity index (χ2n) is 4.97. The van der Waals surface area contributed by atoms with E-state index in [9.17, 15) is 0 Å². The van der Waals surface area contributed by atoms with Crippen LogP contribution in [-0.4, -0.2) is 27.8 Å². The summed E-state index contributed by atoms with van der Waals surface area (Å²) in [6, 6.07) is 4.68. The minimum absolute atomic E-state index is 0.153. The van der Waals surface area contributed by atoms with Crippen molar-refractivity contribution in [2.24, 2.45) is 12.8 Å². The van der Waals surface area contributed by atoms with E-state index < -0.39 is 0 Å². The van der Waals surface area contributed by atoms with Crippen LogP contribution in [0.2, 0.25) is 0 Å². The zero-order valence-corrected chi connectivity index (χ0v) is 12.6. The average molecular weight is 278 g/mol. The first kappa shape index (κ1) is 14.2. The molecule has 0 aromatic carbocycles. The molecule has 4 nitrogen and oxygen atoms in total. The van der Waals surface area contributed by atoms with Crippen molar-refractivity contribution in [3.05, 3.63) is 40.3 Å². The summed E-state index contributed by atoms with van der Waals surface area (Å²) in [6.45, 7) is 3.01. The van der Waals surface area contributed by atoms with Gasteiger partial charge in [0.1, 0.15) is 0 Å². The van der Waals surface area contributed by atoms with Crippen LogP contribution in [0.4, 0.5) is 0 Å². The molecule has 0 fully saturated rings. The Morgan fingerprint density at radius 3 is 2.84 bits per heavy atom. The number of rotatable bonds is 6. The first-order valence-corrected chi connectivity index (χ1v) is 7.46. The number of likely N-dealkylation sites (N-methyl/N-ethyl adjacent to an activating group) is 1. The fraction of sp³-hybridized carbons (Fsp3) is 0.500. The smallest absolute Gasteiger partial charge is 0.0593 e. The summed E-state index contributed by atoms with van der Waals surface area (Å²) in [4.78, 5) is 3.65. The highest BCUT2D eigenvalue weighted by Gasteiger charge is 2.24. The Morgan fingerprint density at radius 1 is 1.53 bits per heavy atom. The Hall–Kier alpha value is -1.17. The molecule has 2 rings (SSSR count). The number of hydrogen-bond donors (Lipinski definition) is 1. The minimum atomic E-state index is 0.153. The van der Waals surface area contributed by atoms with Crippen LogP contribution < -0.4 is 5.73 Å². The topological polar surface area (TPSA) is 47.1 Å². The summed E-state index contributed by atoms with van der Waals surface area (Å²) in [6.07, 6.45) is 4.94. The fourth-order valence-electron chi connectivity index (χ4n) is 2.38. The first-order chi connectivity index (χ1) is 9.11. The number of hydrogen-bond acceptors (Lipinski definition) is 4. The van der Waals surface area contributed by atoms with Gasteiger partial charge in [-0.1, -0.05) is 13.0 Å². The van der Waals surface area contributed by atoms with Crippen LogP contribution in [0.25, 0.3) is 0 Å². The maximum Gasteiger partial charge on any atom is 0.0593 e. The monoisotopic (exact) mass is 278 g/mol. The van der Waals surface area contributed by atoms with E-state index in [-0.39, 0.29) is 12.1 Å². The van der Waals surface area contributed by atoms with Gasteiger partial charge in [-0.25, -0.2) is 0 Å². The third-order valence-corrected chi connectivity index (χ3v) is 4.32. The van der Waals surface area contributed by atoms with Gasteiger partial charge in [-0.2, -0.15) is 5.10 Å². The molecule has 0 aliphatic heterocycles. The second-order valence-corrected chi connectivity index (χ2v) is 5.95. The van der Waals surface area contributed by atoms with Crippen LogP contribution in [0.15, 0.2) is 29.9 Å². The van der Waals surface area contributed by atoms with Crippen LogP contribution in [0.1, 0.15) is 29.8 Å². The van der Waals surface area contributed by atoms with E-state index in [1.807, 2.05) is 17.9 Å². The van der Waals surface area contributed by atoms with Crippen molar-refractivity contribution in [3.8, 4) is 0 Å². The van der Waals surface area contributed by atoms with Crippen LogP contribution >= 0.6 is 11.3 Å². The molecule has 2 N–H and O–H groups in total. The molecule has 2 heterocycles. The lowest BCUT2D eigenvalue weighted by molar-refractivity contribution is 0.205. The number of thiophene rings is 1. The predicted octanol–water partition coefficient (Wildman–Crippen LogP) is 2.39.